The first-order chi connectivity index (χ1) is 20.0. The molecule has 5 atom stereocenters. The molecule has 218 valence electrons. The lowest BCUT2D eigenvalue weighted by Gasteiger charge is -2.40. The van der Waals surface area contributed by atoms with Gasteiger partial charge in [-0.3, -0.25) is 4.79 Å². The van der Waals surface area contributed by atoms with E-state index < -0.39 is 53.6 Å². The summed E-state index contributed by atoms with van der Waals surface area (Å²) in [5, 5.41) is 60.8. The van der Waals surface area contributed by atoms with E-state index in [0.29, 0.717) is 5.56 Å². The third-order valence-electron chi connectivity index (χ3n) is 6.62. The largest absolute Gasteiger partial charge is 0.508 e. The molecule has 5 rings (SSSR count). The zero-order chi connectivity index (χ0) is 30.1. The summed E-state index contributed by atoms with van der Waals surface area (Å²) in [7, 11) is 0. The summed E-state index contributed by atoms with van der Waals surface area (Å²) in [6.07, 6.45) is -5.01. The third kappa shape index (κ3) is 5.72. The molecule has 0 amide bonds. The third-order valence-corrected chi connectivity index (χ3v) is 6.62. The fourth-order valence-corrected chi connectivity index (χ4v) is 4.45. The molecule has 42 heavy (non-hydrogen) atoms. The number of aromatic hydroxyl groups is 4. The second-order valence-electron chi connectivity index (χ2n) is 9.61. The summed E-state index contributed by atoms with van der Waals surface area (Å²) >= 11 is 0. The predicted molar refractivity (Wildman–Crippen MR) is 147 cm³/mol. The summed E-state index contributed by atoms with van der Waals surface area (Å²) in [4.78, 5) is 26.1. The van der Waals surface area contributed by atoms with Crippen LogP contribution in [0.2, 0.25) is 0 Å². The van der Waals surface area contributed by atoms with Crippen molar-refractivity contribution in [2.75, 3.05) is 0 Å². The van der Waals surface area contributed by atoms with E-state index in [4.69, 9.17) is 18.6 Å². The van der Waals surface area contributed by atoms with Crippen molar-refractivity contribution >= 4 is 23.0 Å². The maximum absolute atomic E-state index is 13.6. The van der Waals surface area contributed by atoms with Gasteiger partial charge in [0.2, 0.25) is 17.5 Å². The highest BCUT2D eigenvalue weighted by Crippen LogP contribution is 2.37. The number of phenolic OH excluding ortho intramolecular Hbond substituents is 4. The summed E-state index contributed by atoms with van der Waals surface area (Å²) in [5.74, 6) is -2.58. The first-order valence-corrected chi connectivity index (χ1v) is 12.7. The van der Waals surface area contributed by atoms with E-state index in [9.17, 15) is 40.2 Å². The fourth-order valence-electron chi connectivity index (χ4n) is 4.45. The molecule has 0 saturated carbocycles. The Morgan fingerprint density at radius 3 is 2.19 bits per heavy atom. The standard InChI is InChI=1S/C30H26O12/c1-14-24(36)28(41-22(35)11-4-15-2-7-17(31)8-3-15)26(38)30(39-14)42-29-25(37)23-20(34)12-19(33)13-21(23)40-27(29)16-5-9-18(32)10-6-16/h2-14,24,26,28,30-34,36,38H,1H3. The van der Waals surface area contributed by atoms with Crippen LogP contribution in [0.15, 0.2) is 76.0 Å². The van der Waals surface area contributed by atoms with Crippen molar-refractivity contribution in [1.29, 1.82) is 0 Å². The number of ether oxygens (including phenoxy) is 3. The molecule has 1 aliphatic rings. The molecule has 0 spiro atoms. The van der Waals surface area contributed by atoms with Crippen molar-refractivity contribution in [2.24, 2.45) is 0 Å². The van der Waals surface area contributed by atoms with E-state index in [2.05, 4.69) is 0 Å². The van der Waals surface area contributed by atoms with Crippen LogP contribution in [0.5, 0.6) is 28.7 Å². The Morgan fingerprint density at radius 2 is 1.52 bits per heavy atom. The minimum Gasteiger partial charge on any atom is -0.508 e. The van der Waals surface area contributed by atoms with Gasteiger partial charge >= 0.3 is 5.97 Å². The van der Waals surface area contributed by atoms with Crippen molar-refractivity contribution in [3.8, 4) is 40.1 Å². The van der Waals surface area contributed by atoms with Crippen LogP contribution in [-0.2, 0) is 14.3 Å². The quantitative estimate of drug-likeness (QED) is 0.145. The average molecular weight is 579 g/mol. The highest BCUT2D eigenvalue weighted by Gasteiger charge is 2.47. The topological polar surface area (TPSA) is 196 Å². The van der Waals surface area contributed by atoms with E-state index in [1.165, 1.54) is 49.4 Å². The molecule has 1 fully saturated rings. The van der Waals surface area contributed by atoms with Gasteiger partial charge < -0.3 is 49.3 Å². The van der Waals surface area contributed by atoms with E-state index >= 15 is 0 Å². The number of esters is 1. The Hall–Kier alpha value is -5.04. The second kappa shape index (κ2) is 11.4. The van der Waals surface area contributed by atoms with Crippen LogP contribution in [0.4, 0.5) is 0 Å². The molecule has 5 unspecified atom stereocenters. The second-order valence-corrected chi connectivity index (χ2v) is 9.61. The van der Waals surface area contributed by atoms with Gasteiger partial charge in [0.1, 0.15) is 40.1 Å². The number of hydrogen-bond donors (Lipinski definition) is 6. The van der Waals surface area contributed by atoms with Crippen molar-refractivity contribution in [3.05, 3.63) is 82.5 Å². The summed E-state index contributed by atoms with van der Waals surface area (Å²) in [5.41, 5.74) is -0.218. The molecule has 0 aliphatic carbocycles. The number of phenols is 4. The Kier molecular flexibility index (Phi) is 7.77. The molecule has 3 aromatic carbocycles. The Balaban J connectivity index is 1.48. The number of carbonyl (C=O) groups is 1. The molecule has 4 aromatic rings. The Morgan fingerprint density at radius 1 is 0.881 bits per heavy atom. The monoisotopic (exact) mass is 578 g/mol. The molecule has 0 bridgehead atoms. The van der Waals surface area contributed by atoms with Gasteiger partial charge in [-0.15, -0.1) is 0 Å². The van der Waals surface area contributed by atoms with Gasteiger partial charge in [-0.05, 0) is 55.0 Å². The lowest BCUT2D eigenvalue weighted by Crippen LogP contribution is -2.59. The molecule has 1 aliphatic heterocycles. The Bertz CT molecular complexity index is 1690. The number of aliphatic hydroxyl groups excluding tert-OH is 2. The van der Waals surface area contributed by atoms with Crippen LogP contribution in [0.25, 0.3) is 28.4 Å². The first kappa shape index (κ1) is 28.5. The molecule has 2 heterocycles. The molecule has 1 saturated heterocycles. The lowest BCUT2D eigenvalue weighted by atomic mass is 9.99. The number of benzene rings is 3. The van der Waals surface area contributed by atoms with Crippen molar-refractivity contribution in [2.45, 2.75) is 37.6 Å². The van der Waals surface area contributed by atoms with Gasteiger partial charge in [-0.1, -0.05) is 12.1 Å². The van der Waals surface area contributed by atoms with Gasteiger partial charge in [0.25, 0.3) is 0 Å². The molecule has 0 radical (unpaired) electrons. The predicted octanol–water partition coefficient (Wildman–Crippen LogP) is 2.75. The first-order valence-electron chi connectivity index (χ1n) is 12.7. The van der Waals surface area contributed by atoms with Gasteiger partial charge in [-0.25, -0.2) is 4.79 Å². The summed E-state index contributed by atoms with van der Waals surface area (Å²) < 4.78 is 22.6. The highest BCUT2D eigenvalue weighted by molar-refractivity contribution is 5.88. The number of carbonyl (C=O) groups excluding carboxylic acids is 1. The maximum atomic E-state index is 13.6. The number of rotatable bonds is 6. The van der Waals surface area contributed by atoms with Gasteiger partial charge in [0, 0.05) is 23.8 Å². The highest BCUT2D eigenvalue weighted by atomic mass is 16.7. The van der Waals surface area contributed by atoms with E-state index in [-0.39, 0.29) is 39.5 Å². The van der Waals surface area contributed by atoms with E-state index in [1.54, 1.807) is 12.1 Å². The molecular weight excluding hydrogens is 552 g/mol. The van der Waals surface area contributed by atoms with Gasteiger partial charge in [0.15, 0.2) is 18.0 Å². The fraction of sp³-hybridized carbons (Fsp3) is 0.200. The van der Waals surface area contributed by atoms with Crippen LogP contribution in [0.1, 0.15) is 12.5 Å². The molecular formula is C30H26O12. The lowest BCUT2D eigenvalue weighted by molar-refractivity contribution is -0.271. The molecule has 6 N–H and O–H groups in total. The zero-order valence-electron chi connectivity index (χ0n) is 21.9. The number of hydrogen-bond acceptors (Lipinski definition) is 12. The van der Waals surface area contributed by atoms with Gasteiger partial charge in [0.05, 0.1) is 6.10 Å². The molecule has 12 nitrogen and oxygen atoms in total. The minimum absolute atomic E-state index is 0.0468. The maximum Gasteiger partial charge on any atom is 0.331 e. The van der Waals surface area contributed by atoms with Crippen molar-refractivity contribution in [3.63, 3.8) is 0 Å². The average Bonchev–Trinajstić information content (AvgIpc) is 2.95. The minimum atomic E-state index is -1.79. The molecule has 12 heteroatoms. The Labute approximate surface area is 237 Å². The normalized spacial score (nSPS) is 22.3. The van der Waals surface area contributed by atoms with Crippen LogP contribution in [-0.4, -0.2) is 67.3 Å². The number of aliphatic hydroxyl groups is 2. The SMILES string of the molecule is CC1OC(Oc2c(-c3ccc(O)cc3)oc3cc(O)cc(O)c3c2=O)C(O)C(OC(=O)C=Cc2ccc(O)cc2)C1O. The van der Waals surface area contributed by atoms with E-state index in [1.807, 2.05) is 0 Å². The number of fused-ring (bicyclic) bond motifs is 1. The van der Waals surface area contributed by atoms with Crippen LogP contribution in [0, 0.1) is 0 Å². The van der Waals surface area contributed by atoms with Crippen LogP contribution < -0.4 is 10.2 Å². The van der Waals surface area contributed by atoms with Gasteiger partial charge in [-0.2, -0.15) is 0 Å². The molecule has 1 aromatic heterocycles. The van der Waals surface area contributed by atoms with Crippen molar-refractivity contribution in [1.82, 2.24) is 0 Å². The van der Waals surface area contributed by atoms with Crippen LogP contribution in [0.3, 0.4) is 0 Å². The summed E-state index contributed by atoms with van der Waals surface area (Å²) in [6, 6.07) is 13.5. The van der Waals surface area contributed by atoms with Crippen LogP contribution >= 0.6 is 0 Å². The van der Waals surface area contributed by atoms with E-state index in [0.717, 1.165) is 18.2 Å². The van der Waals surface area contributed by atoms with Crippen molar-refractivity contribution < 1.29 is 54.1 Å². The smallest absolute Gasteiger partial charge is 0.331 e. The summed E-state index contributed by atoms with van der Waals surface area (Å²) in [6.45, 7) is 1.44. The zero-order valence-corrected chi connectivity index (χ0v) is 21.9.